The van der Waals surface area contributed by atoms with Crippen molar-refractivity contribution >= 4 is 0 Å². The molecule has 112 valence electrons. The molecule has 2 atom stereocenters. The number of nitrogens with one attached hydrogen (secondary N) is 1. The number of hydrogen-bond acceptors (Lipinski definition) is 2. The lowest BCUT2D eigenvalue weighted by Gasteiger charge is -2.42. The molecule has 1 heterocycles. The van der Waals surface area contributed by atoms with Crippen LogP contribution in [0.4, 0.5) is 0 Å². The molecule has 0 aromatic rings. The molecule has 2 rings (SSSR count). The van der Waals surface area contributed by atoms with Crippen LogP contribution >= 0.6 is 0 Å². The van der Waals surface area contributed by atoms with Crippen LogP contribution in [0.5, 0.6) is 0 Å². The average Bonchev–Trinajstić information content (AvgIpc) is 2.38. The minimum absolute atomic E-state index is 0.350. The van der Waals surface area contributed by atoms with Crippen LogP contribution in [0.25, 0.3) is 0 Å². The molecule has 1 saturated carbocycles. The van der Waals surface area contributed by atoms with Crippen molar-refractivity contribution in [2.45, 2.75) is 90.3 Å². The fourth-order valence-corrected chi connectivity index (χ4v) is 3.86. The highest BCUT2D eigenvalue weighted by atomic mass is 15.2. The van der Waals surface area contributed by atoms with Gasteiger partial charge in [0.2, 0.25) is 0 Å². The second-order valence-corrected chi connectivity index (χ2v) is 7.74. The smallest absolute Gasteiger partial charge is 0.0125 e. The summed E-state index contributed by atoms with van der Waals surface area (Å²) < 4.78 is 0. The molecule has 1 saturated heterocycles. The zero-order valence-corrected chi connectivity index (χ0v) is 13.5. The van der Waals surface area contributed by atoms with E-state index in [1.165, 1.54) is 58.0 Å². The number of nitrogens with zero attached hydrogens (tertiary/aromatic N) is 1. The summed E-state index contributed by atoms with van der Waals surface area (Å²) >= 11 is 0. The van der Waals surface area contributed by atoms with Gasteiger partial charge in [-0.2, -0.15) is 0 Å². The predicted octanol–water partition coefficient (Wildman–Crippen LogP) is 3.81. The zero-order valence-electron chi connectivity index (χ0n) is 13.5. The zero-order chi connectivity index (χ0) is 13.9. The van der Waals surface area contributed by atoms with E-state index in [1.54, 1.807) is 0 Å². The van der Waals surface area contributed by atoms with E-state index >= 15 is 0 Å². The van der Waals surface area contributed by atoms with Crippen molar-refractivity contribution in [2.75, 3.05) is 13.1 Å². The second kappa shape index (κ2) is 6.58. The van der Waals surface area contributed by atoms with Gasteiger partial charge in [0.15, 0.2) is 0 Å². The Morgan fingerprint density at radius 3 is 2.26 bits per heavy atom. The normalized spacial score (nSPS) is 31.6. The maximum atomic E-state index is 3.97. The van der Waals surface area contributed by atoms with Gasteiger partial charge in [-0.05, 0) is 52.4 Å². The summed E-state index contributed by atoms with van der Waals surface area (Å²) in [4.78, 5) is 2.64. The quantitative estimate of drug-likeness (QED) is 0.835. The molecular formula is C17H34N2. The van der Waals surface area contributed by atoms with Crippen LogP contribution in [0.1, 0.15) is 72.6 Å². The van der Waals surface area contributed by atoms with Gasteiger partial charge in [-0.25, -0.2) is 0 Å². The van der Waals surface area contributed by atoms with Crippen LogP contribution in [0.3, 0.4) is 0 Å². The summed E-state index contributed by atoms with van der Waals surface area (Å²) in [7, 11) is 0. The molecule has 2 heteroatoms. The number of hydrogen-bond donors (Lipinski definition) is 1. The van der Waals surface area contributed by atoms with Crippen molar-refractivity contribution in [3.05, 3.63) is 0 Å². The molecule has 1 aliphatic heterocycles. The number of rotatable bonds is 3. The highest BCUT2D eigenvalue weighted by Gasteiger charge is 2.29. The average molecular weight is 266 g/mol. The van der Waals surface area contributed by atoms with E-state index in [0.29, 0.717) is 5.54 Å². The Labute approximate surface area is 120 Å². The molecule has 0 bridgehead atoms. The lowest BCUT2D eigenvalue weighted by molar-refractivity contribution is 0.0908. The third-order valence-electron chi connectivity index (χ3n) is 5.28. The fourth-order valence-electron chi connectivity index (χ4n) is 3.86. The van der Waals surface area contributed by atoms with Crippen molar-refractivity contribution < 1.29 is 0 Å². The molecule has 2 aliphatic rings. The van der Waals surface area contributed by atoms with Gasteiger partial charge in [-0.15, -0.1) is 0 Å². The summed E-state index contributed by atoms with van der Waals surface area (Å²) in [5.74, 6) is 0.987. The van der Waals surface area contributed by atoms with Gasteiger partial charge in [-0.3, -0.25) is 4.90 Å². The van der Waals surface area contributed by atoms with Gasteiger partial charge in [-0.1, -0.05) is 26.2 Å². The second-order valence-electron chi connectivity index (χ2n) is 7.74. The van der Waals surface area contributed by atoms with Crippen LogP contribution in [-0.2, 0) is 0 Å². The Balaban J connectivity index is 1.73. The largest absolute Gasteiger partial charge is 0.311 e. The highest BCUT2D eigenvalue weighted by molar-refractivity contribution is 4.87. The Morgan fingerprint density at radius 1 is 1.00 bits per heavy atom. The summed E-state index contributed by atoms with van der Waals surface area (Å²) in [5.41, 5.74) is 0.350. The van der Waals surface area contributed by atoms with E-state index in [-0.39, 0.29) is 0 Å². The highest BCUT2D eigenvalue weighted by Crippen LogP contribution is 2.28. The van der Waals surface area contributed by atoms with Crippen molar-refractivity contribution in [3.8, 4) is 0 Å². The van der Waals surface area contributed by atoms with Gasteiger partial charge in [0.25, 0.3) is 0 Å². The van der Waals surface area contributed by atoms with E-state index < -0.39 is 0 Å². The molecule has 1 N–H and O–H groups in total. The first kappa shape index (κ1) is 15.3. The molecule has 1 aliphatic carbocycles. The molecule has 0 aromatic carbocycles. The van der Waals surface area contributed by atoms with Crippen molar-refractivity contribution in [3.63, 3.8) is 0 Å². The third-order valence-corrected chi connectivity index (χ3v) is 5.28. The molecule has 2 nitrogen and oxygen atoms in total. The molecule has 0 radical (unpaired) electrons. The van der Waals surface area contributed by atoms with Gasteiger partial charge < -0.3 is 5.32 Å². The number of piperidine rings is 1. The molecular weight excluding hydrogens is 232 g/mol. The third kappa shape index (κ3) is 4.46. The van der Waals surface area contributed by atoms with E-state index in [0.717, 1.165) is 18.0 Å². The Bertz CT molecular complexity index is 261. The van der Waals surface area contributed by atoms with Crippen molar-refractivity contribution in [1.82, 2.24) is 10.2 Å². The van der Waals surface area contributed by atoms with Crippen LogP contribution in [-0.4, -0.2) is 35.6 Å². The van der Waals surface area contributed by atoms with Crippen LogP contribution in [0.2, 0.25) is 0 Å². The Hall–Kier alpha value is -0.0800. The molecule has 2 fully saturated rings. The maximum absolute atomic E-state index is 3.97. The lowest BCUT2D eigenvalue weighted by atomic mass is 9.83. The first-order chi connectivity index (χ1) is 8.99. The molecule has 2 unspecified atom stereocenters. The first-order valence-electron chi connectivity index (χ1n) is 8.50. The van der Waals surface area contributed by atoms with Gasteiger partial charge >= 0.3 is 0 Å². The minimum atomic E-state index is 0.350. The maximum Gasteiger partial charge on any atom is 0.0125 e. The molecule has 0 spiro atoms. The van der Waals surface area contributed by atoms with E-state index in [4.69, 9.17) is 0 Å². The summed E-state index contributed by atoms with van der Waals surface area (Å²) in [6, 6.07) is 1.59. The molecule has 0 amide bonds. The number of likely N-dealkylation sites (tertiary alicyclic amines) is 1. The van der Waals surface area contributed by atoms with Crippen LogP contribution in [0, 0.1) is 5.92 Å². The van der Waals surface area contributed by atoms with Crippen LogP contribution in [0.15, 0.2) is 0 Å². The SMILES string of the molecule is CCC1CCCC(NC2CCN(C(C)(C)C)CC2)C1. The van der Waals surface area contributed by atoms with Gasteiger partial charge in [0, 0.05) is 30.7 Å². The Kier molecular flexibility index (Phi) is 5.30. The van der Waals surface area contributed by atoms with Crippen molar-refractivity contribution in [2.24, 2.45) is 5.92 Å². The van der Waals surface area contributed by atoms with E-state index in [1.807, 2.05) is 0 Å². The monoisotopic (exact) mass is 266 g/mol. The first-order valence-corrected chi connectivity index (χ1v) is 8.50. The van der Waals surface area contributed by atoms with Gasteiger partial charge in [0.05, 0.1) is 0 Å². The van der Waals surface area contributed by atoms with E-state index in [2.05, 4.69) is 37.9 Å². The minimum Gasteiger partial charge on any atom is -0.311 e. The van der Waals surface area contributed by atoms with Gasteiger partial charge in [0.1, 0.15) is 0 Å². The summed E-state index contributed by atoms with van der Waals surface area (Å²) in [6.45, 7) is 11.9. The predicted molar refractivity (Wildman–Crippen MR) is 83.5 cm³/mol. The standard InChI is InChI=1S/C17H34N2/c1-5-14-7-6-8-16(13-14)18-15-9-11-19(12-10-15)17(2,3)4/h14-16,18H,5-13H2,1-4H3. The van der Waals surface area contributed by atoms with E-state index in [9.17, 15) is 0 Å². The molecule has 19 heavy (non-hydrogen) atoms. The topological polar surface area (TPSA) is 15.3 Å². The summed E-state index contributed by atoms with van der Waals surface area (Å²) in [5, 5.41) is 3.97. The van der Waals surface area contributed by atoms with Crippen molar-refractivity contribution in [1.29, 1.82) is 0 Å². The lowest BCUT2D eigenvalue weighted by Crippen LogP contribution is -2.52. The Morgan fingerprint density at radius 2 is 1.68 bits per heavy atom. The van der Waals surface area contributed by atoms with Crippen LogP contribution < -0.4 is 5.32 Å². The fraction of sp³-hybridized carbons (Fsp3) is 1.00. The summed E-state index contributed by atoms with van der Waals surface area (Å²) in [6.07, 6.45) is 9.80. The molecule has 0 aromatic heterocycles.